The van der Waals surface area contributed by atoms with Gasteiger partial charge in [-0.1, -0.05) is 68.1 Å². The average Bonchev–Trinajstić information content (AvgIpc) is 3.89. The summed E-state index contributed by atoms with van der Waals surface area (Å²) in [5, 5.41) is 1.97. The van der Waals surface area contributed by atoms with Crippen LogP contribution < -0.4 is 0 Å². The molecule has 0 bridgehead atoms. The van der Waals surface area contributed by atoms with Gasteiger partial charge >= 0.3 is 23.9 Å². The summed E-state index contributed by atoms with van der Waals surface area (Å²) < 4.78 is 19.6. The lowest BCUT2D eigenvalue weighted by Gasteiger charge is -2.40. The fraction of sp³-hybridized carbons (Fsp3) is 0.277. The predicted octanol–water partition coefficient (Wildman–Crippen LogP) is 7.30. The van der Waals surface area contributed by atoms with E-state index in [1.807, 2.05) is 48.5 Å². The van der Waals surface area contributed by atoms with Crippen molar-refractivity contribution in [1.29, 1.82) is 0 Å². The number of halogens is 2. The molecule has 0 saturated carbocycles. The second kappa shape index (κ2) is 19.6. The molecule has 8 rings (SSSR count). The lowest BCUT2D eigenvalue weighted by Crippen LogP contribution is -2.52. The standard InChI is InChI=1S/2C23H21ClN2O5.CH4.H2/c2*1-30-22(28)14-9-7-13(8-10-14)21-20-16(15-5-3-4-6-17(15)25-20)11-18(23(29)31-2)26(21)19(27)12-24;;/h2*3-10,18,21,25H,11-12H2,1-2H3;1H4;1H/t18-,21+;18-,21-;;/m11../s1/i;;;1+1. The van der Waals surface area contributed by atoms with Crippen molar-refractivity contribution >= 4 is 80.7 Å². The molecule has 330 valence electrons. The molecule has 2 aliphatic rings. The van der Waals surface area contributed by atoms with E-state index in [9.17, 15) is 28.8 Å². The molecule has 16 heteroatoms. The first-order valence-electron chi connectivity index (χ1n) is 19.4. The lowest BCUT2D eigenvalue weighted by molar-refractivity contribution is -0.154. The Bertz CT molecular complexity index is 2500. The largest absolute Gasteiger partial charge is 0.467 e. The molecule has 4 heterocycles. The average molecular weight is 901 g/mol. The maximum absolute atomic E-state index is 12.9. The van der Waals surface area contributed by atoms with Gasteiger partial charge in [0.05, 0.1) is 51.6 Å². The summed E-state index contributed by atoms with van der Waals surface area (Å²) in [6.07, 6.45) is 0.622. The molecule has 0 spiro atoms. The molecule has 0 radical (unpaired) electrons. The van der Waals surface area contributed by atoms with Gasteiger partial charge in [-0.3, -0.25) is 9.59 Å². The second-order valence-electron chi connectivity index (χ2n) is 14.5. The zero-order valence-corrected chi connectivity index (χ0v) is 35.6. The van der Waals surface area contributed by atoms with E-state index in [-0.39, 0.29) is 32.4 Å². The number of carbonyl (C=O) groups excluding carboxylic acids is 6. The molecule has 6 aromatic rings. The van der Waals surface area contributed by atoms with Crippen LogP contribution >= 0.6 is 23.2 Å². The van der Waals surface area contributed by atoms with Crippen molar-refractivity contribution in [3.8, 4) is 0 Å². The number of H-pyrrole nitrogens is 2. The van der Waals surface area contributed by atoms with Crippen molar-refractivity contribution in [1.82, 2.24) is 19.8 Å². The Morgan fingerprint density at radius 3 is 1.22 bits per heavy atom. The lowest BCUT2D eigenvalue weighted by atomic mass is 9.87. The smallest absolute Gasteiger partial charge is 0.337 e. The number of nitrogens with one attached hydrogen (secondary N) is 2. The Kier molecular flexibility index (Phi) is 14.3. The Labute approximate surface area is 374 Å². The Balaban J connectivity index is 0.000000234. The monoisotopic (exact) mass is 899 g/mol. The van der Waals surface area contributed by atoms with Crippen LogP contribution in [0, 0.1) is 0 Å². The molecule has 0 aliphatic carbocycles. The van der Waals surface area contributed by atoms with E-state index >= 15 is 0 Å². The van der Waals surface area contributed by atoms with Gasteiger partial charge in [-0.2, -0.15) is 0 Å². The van der Waals surface area contributed by atoms with E-state index in [4.69, 9.17) is 42.1 Å². The van der Waals surface area contributed by atoms with Crippen molar-refractivity contribution < 1.29 is 49.1 Å². The van der Waals surface area contributed by atoms with Crippen molar-refractivity contribution in [2.75, 3.05) is 40.2 Å². The number of carbonyl (C=O) groups is 6. The number of para-hydroxylation sites is 2. The van der Waals surface area contributed by atoms with Crippen LogP contribution in [0.15, 0.2) is 97.1 Å². The highest BCUT2D eigenvalue weighted by atomic mass is 35.5. The molecule has 2 N–H and O–H groups in total. The van der Waals surface area contributed by atoms with Crippen molar-refractivity contribution in [3.63, 3.8) is 0 Å². The Hall–Kier alpha value is -6.64. The predicted molar refractivity (Wildman–Crippen MR) is 239 cm³/mol. The van der Waals surface area contributed by atoms with Gasteiger partial charge < -0.3 is 38.7 Å². The molecule has 2 amide bonds. The number of alkyl halides is 2. The van der Waals surface area contributed by atoms with Crippen LogP contribution in [0.3, 0.4) is 0 Å². The highest BCUT2D eigenvalue weighted by Crippen LogP contribution is 2.43. The number of amides is 2. The molecule has 4 aromatic carbocycles. The Morgan fingerprint density at radius 2 is 0.905 bits per heavy atom. The van der Waals surface area contributed by atoms with Crippen LogP contribution in [0.2, 0.25) is 0 Å². The minimum atomic E-state index is -0.826. The molecular formula is C47H48Cl2N4O10. The van der Waals surface area contributed by atoms with Crippen molar-refractivity contribution in [3.05, 3.63) is 142 Å². The van der Waals surface area contributed by atoms with Gasteiger partial charge in [0.2, 0.25) is 11.8 Å². The first-order valence-corrected chi connectivity index (χ1v) is 20.5. The number of benzene rings is 4. The first-order chi connectivity index (χ1) is 30.0. The zero-order valence-electron chi connectivity index (χ0n) is 34.1. The topological polar surface area (TPSA) is 177 Å². The van der Waals surface area contributed by atoms with E-state index in [0.29, 0.717) is 24.0 Å². The molecule has 2 aliphatic heterocycles. The van der Waals surface area contributed by atoms with Crippen molar-refractivity contribution in [2.24, 2.45) is 0 Å². The van der Waals surface area contributed by atoms with Crippen molar-refractivity contribution in [2.45, 2.75) is 44.4 Å². The summed E-state index contributed by atoms with van der Waals surface area (Å²) in [6, 6.07) is 26.3. The van der Waals surface area contributed by atoms with Crippen LogP contribution in [-0.4, -0.2) is 108 Å². The highest BCUT2D eigenvalue weighted by molar-refractivity contribution is 6.28. The van der Waals surface area contributed by atoms with Gasteiger partial charge in [-0.25, -0.2) is 19.2 Å². The summed E-state index contributed by atoms with van der Waals surface area (Å²) in [5.74, 6) is -3.26. The number of nitrogens with zero attached hydrogens (tertiary/aromatic N) is 2. The normalized spacial score (nSPS) is 17.6. The maximum atomic E-state index is 12.9. The molecule has 0 unspecified atom stereocenters. The molecule has 0 fully saturated rings. The number of fused-ring (bicyclic) bond motifs is 6. The minimum Gasteiger partial charge on any atom is -0.467 e. The maximum Gasteiger partial charge on any atom is 0.337 e. The summed E-state index contributed by atoms with van der Waals surface area (Å²) in [7, 11) is 5.24. The highest BCUT2D eigenvalue weighted by Gasteiger charge is 2.45. The third kappa shape index (κ3) is 8.60. The number of aromatic amines is 2. The fourth-order valence-electron chi connectivity index (χ4n) is 8.50. The summed E-state index contributed by atoms with van der Waals surface area (Å²) >= 11 is 11.9. The van der Waals surface area contributed by atoms with E-state index < -0.39 is 48.0 Å². The van der Waals surface area contributed by atoms with E-state index in [1.54, 1.807) is 48.5 Å². The quantitative estimate of drug-likeness (QED) is 0.0896. The van der Waals surface area contributed by atoms with Gasteiger partial charge in [-0.15, -0.1) is 23.2 Å². The molecule has 4 atom stereocenters. The molecule has 0 saturated heterocycles. The van der Waals surface area contributed by atoms with Gasteiger partial charge in [-0.05, 0) is 58.7 Å². The third-order valence-electron chi connectivity index (χ3n) is 11.3. The molecule has 2 aromatic heterocycles. The van der Waals surface area contributed by atoms with Crippen LogP contribution in [0.25, 0.3) is 21.8 Å². The number of esters is 4. The SMILES string of the molecule is C.COC(=O)c1ccc([C@@H]2c3[nH]c4ccccc4c3C[C@H](C(=O)OC)N2C(=O)CCl)cc1.COC(=O)c1ccc([C@H]2c3[nH]c4ccccc4c3C[C@H](C(=O)OC)N2C(=O)CCl)cc1.[2HH]. The number of methoxy groups -OCH3 is 4. The van der Waals surface area contributed by atoms with E-state index in [1.165, 1.54) is 38.2 Å². The van der Waals surface area contributed by atoms with E-state index in [0.717, 1.165) is 55.4 Å². The molecular weight excluding hydrogens is 851 g/mol. The van der Waals surface area contributed by atoms with E-state index in [2.05, 4.69) is 9.97 Å². The summed E-state index contributed by atoms with van der Waals surface area (Å²) in [5.41, 5.74) is 7.58. The first kappa shape index (κ1) is 45.9. The zero-order chi connectivity index (χ0) is 44.2. The minimum absolute atomic E-state index is 0. The number of aromatic nitrogens is 2. The van der Waals surface area contributed by atoms with Gasteiger partial charge in [0.15, 0.2) is 0 Å². The van der Waals surface area contributed by atoms with Crippen LogP contribution in [0.1, 0.15) is 75.3 Å². The molecule has 14 nitrogen and oxygen atoms in total. The third-order valence-corrected chi connectivity index (χ3v) is 11.8. The Morgan fingerprint density at radius 1 is 0.556 bits per heavy atom. The second-order valence-corrected chi connectivity index (χ2v) is 15.0. The number of hydrogen-bond donors (Lipinski definition) is 2. The number of hydrogen-bond acceptors (Lipinski definition) is 10. The fourth-order valence-corrected chi connectivity index (χ4v) is 8.78. The van der Waals surface area contributed by atoms with Crippen LogP contribution in [-0.2, 0) is 51.0 Å². The van der Waals surface area contributed by atoms with Gasteiger partial charge in [0.25, 0.3) is 0 Å². The van der Waals surface area contributed by atoms with Crippen LogP contribution in [0.5, 0.6) is 0 Å². The van der Waals surface area contributed by atoms with Gasteiger partial charge in [0.1, 0.15) is 23.8 Å². The van der Waals surface area contributed by atoms with Crippen LogP contribution in [0.4, 0.5) is 0 Å². The summed E-state index contributed by atoms with van der Waals surface area (Å²) in [6.45, 7) is 0. The molecule has 63 heavy (non-hydrogen) atoms. The van der Waals surface area contributed by atoms with Gasteiger partial charge in [0, 0.05) is 47.5 Å². The number of rotatable bonds is 8. The number of ether oxygens (including phenoxy) is 4. The summed E-state index contributed by atoms with van der Waals surface area (Å²) in [4.78, 5) is 84.7.